The van der Waals surface area contributed by atoms with Crippen molar-refractivity contribution in [3.63, 3.8) is 0 Å². The Balaban J connectivity index is 1.74. The van der Waals surface area contributed by atoms with Crippen molar-refractivity contribution in [2.45, 2.75) is 0 Å². The normalized spacial score (nSPS) is 10.2. The molecule has 0 saturated heterocycles. The number of anilines is 2. The molecule has 9 heteroatoms. The number of ether oxygens (including phenoxy) is 2. The Kier molecular flexibility index (Phi) is 5.05. The Hall–Kier alpha value is -3.20. The van der Waals surface area contributed by atoms with Gasteiger partial charge in [0.1, 0.15) is 17.8 Å². The summed E-state index contributed by atoms with van der Waals surface area (Å²) in [5.41, 5.74) is 2.32. The number of hydrogen-bond donors (Lipinski definition) is 2. The van der Waals surface area contributed by atoms with Gasteiger partial charge in [-0.2, -0.15) is 0 Å². The number of nitrogens with one attached hydrogen (secondary N) is 2. The Morgan fingerprint density at radius 1 is 1.08 bits per heavy atom. The van der Waals surface area contributed by atoms with Crippen LogP contribution in [0.5, 0.6) is 11.5 Å². The van der Waals surface area contributed by atoms with Crippen LogP contribution in [0.3, 0.4) is 0 Å². The molecule has 0 atom stereocenters. The van der Waals surface area contributed by atoms with E-state index in [1.807, 2.05) is 42.5 Å². The third-order valence-electron chi connectivity index (χ3n) is 3.37. The first kappa shape index (κ1) is 16.7. The van der Waals surface area contributed by atoms with Crippen molar-refractivity contribution in [1.29, 1.82) is 0 Å². The topological polar surface area (TPSA) is 86.1 Å². The zero-order valence-electron chi connectivity index (χ0n) is 13.6. The molecule has 3 rings (SSSR count). The van der Waals surface area contributed by atoms with Gasteiger partial charge in [-0.3, -0.25) is 0 Å². The second-order valence-electron chi connectivity index (χ2n) is 4.95. The van der Waals surface area contributed by atoms with E-state index in [2.05, 4.69) is 26.2 Å². The lowest BCUT2D eigenvalue weighted by atomic mass is 10.2. The van der Waals surface area contributed by atoms with Crippen molar-refractivity contribution < 1.29 is 9.47 Å². The summed E-state index contributed by atoms with van der Waals surface area (Å²) in [6.07, 6.45) is 1.52. The van der Waals surface area contributed by atoms with Crippen LogP contribution in [0.1, 0.15) is 0 Å². The molecule has 0 saturated carbocycles. The number of tetrazole rings is 1. The third kappa shape index (κ3) is 4.01. The maximum Gasteiger partial charge on any atom is 0.175 e. The highest BCUT2D eigenvalue weighted by Crippen LogP contribution is 2.29. The summed E-state index contributed by atoms with van der Waals surface area (Å²) in [5.74, 6) is 1.36. The van der Waals surface area contributed by atoms with E-state index >= 15 is 0 Å². The molecule has 3 aromatic rings. The summed E-state index contributed by atoms with van der Waals surface area (Å²) in [5, 5.41) is 17.8. The van der Waals surface area contributed by atoms with E-state index < -0.39 is 0 Å². The molecule has 1 heterocycles. The fourth-order valence-electron chi connectivity index (χ4n) is 2.20. The van der Waals surface area contributed by atoms with Crippen LogP contribution in [0.15, 0.2) is 48.8 Å². The van der Waals surface area contributed by atoms with E-state index in [4.69, 9.17) is 21.7 Å². The number of methoxy groups -OCH3 is 2. The van der Waals surface area contributed by atoms with Crippen molar-refractivity contribution in [2.24, 2.45) is 0 Å². The standard InChI is InChI=1S/C16H16N6O2S/c1-23-13-6-7-15(24-2)14(9-13)19-16(25)18-11-4-3-5-12(8-11)22-10-17-20-21-22/h3-10H,1-2H3,(H2,18,19,25). The summed E-state index contributed by atoms with van der Waals surface area (Å²) in [4.78, 5) is 0. The molecule has 8 nitrogen and oxygen atoms in total. The first-order valence-electron chi connectivity index (χ1n) is 7.33. The van der Waals surface area contributed by atoms with Crippen molar-refractivity contribution in [3.8, 4) is 17.2 Å². The zero-order chi connectivity index (χ0) is 17.6. The van der Waals surface area contributed by atoms with Crippen molar-refractivity contribution in [2.75, 3.05) is 24.9 Å². The maximum absolute atomic E-state index is 5.38. The molecule has 0 aliphatic rings. The number of thiocarbonyl (C=S) groups is 1. The molecule has 0 aliphatic heterocycles. The molecule has 0 fully saturated rings. The second kappa shape index (κ2) is 7.58. The average molecular weight is 356 g/mol. The molecule has 2 N–H and O–H groups in total. The van der Waals surface area contributed by atoms with Gasteiger partial charge < -0.3 is 20.1 Å². The van der Waals surface area contributed by atoms with Gasteiger partial charge in [0.05, 0.1) is 25.6 Å². The number of hydrogen-bond acceptors (Lipinski definition) is 6. The number of benzene rings is 2. The quantitative estimate of drug-likeness (QED) is 0.675. The maximum atomic E-state index is 5.38. The fourth-order valence-corrected chi connectivity index (χ4v) is 2.43. The van der Waals surface area contributed by atoms with Gasteiger partial charge in [0.15, 0.2) is 5.11 Å². The molecule has 0 bridgehead atoms. The van der Waals surface area contributed by atoms with Crippen LogP contribution < -0.4 is 20.1 Å². The van der Waals surface area contributed by atoms with Gasteiger partial charge in [0.2, 0.25) is 0 Å². The van der Waals surface area contributed by atoms with E-state index in [0.29, 0.717) is 22.3 Å². The summed E-state index contributed by atoms with van der Waals surface area (Å²) in [6.45, 7) is 0. The van der Waals surface area contributed by atoms with Gasteiger partial charge in [-0.15, -0.1) is 5.10 Å². The predicted molar refractivity (Wildman–Crippen MR) is 98.5 cm³/mol. The minimum atomic E-state index is 0.417. The molecule has 1 aromatic heterocycles. The van der Waals surface area contributed by atoms with E-state index in [1.165, 1.54) is 6.33 Å². The van der Waals surface area contributed by atoms with Gasteiger partial charge in [-0.25, -0.2) is 4.68 Å². The summed E-state index contributed by atoms with van der Waals surface area (Å²) >= 11 is 5.38. The van der Waals surface area contributed by atoms with Crippen molar-refractivity contribution >= 4 is 28.7 Å². The van der Waals surface area contributed by atoms with Gasteiger partial charge in [-0.1, -0.05) is 6.07 Å². The minimum Gasteiger partial charge on any atom is -0.497 e. The lowest BCUT2D eigenvalue weighted by Crippen LogP contribution is -2.19. The van der Waals surface area contributed by atoms with Crippen molar-refractivity contribution in [3.05, 3.63) is 48.8 Å². The molecule has 0 spiro atoms. The molecule has 2 aromatic carbocycles. The first-order chi connectivity index (χ1) is 12.2. The molecule has 0 amide bonds. The van der Waals surface area contributed by atoms with Crippen LogP contribution in [0.4, 0.5) is 11.4 Å². The monoisotopic (exact) mass is 356 g/mol. The lowest BCUT2D eigenvalue weighted by molar-refractivity contribution is 0.405. The van der Waals surface area contributed by atoms with Gasteiger partial charge >= 0.3 is 0 Å². The molecule has 0 radical (unpaired) electrons. The van der Waals surface area contributed by atoms with Crippen LogP contribution in [-0.2, 0) is 0 Å². The molecule has 25 heavy (non-hydrogen) atoms. The van der Waals surface area contributed by atoms with E-state index in [1.54, 1.807) is 18.9 Å². The van der Waals surface area contributed by atoms with Gasteiger partial charge in [0.25, 0.3) is 0 Å². The van der Waals surface area contributed by atoms with Crippen LogP contribution in [0, 0.1) is 0 Å². The van der Waals surface area contributed by atoms with Crippen LogP contribution >= 0.6 is 12.2 Å². The third-order valence-corrected chi connectivity index (χ3v) is 3.58. The molecular weight excluding hydrogens is 340 g/mol. The Morgan fingerprint density at radius 3 is 2.68 bits per heavy atom. The predicted octanol–water partition coefficient (Wildman–Crippen LogP) is 2.49. The molecule has 0 unspecified atom stereocenters. The van der Waals surface area contributed by atoms with E-state index in [-0.39, 0.29) is 0 Å². The Labute approximate surface area is 149 Å². The number of aromatic nitrogens is 4. The highest BCUT2D eigenvalue weighted by molar-refractivity contribution is 7.80. The number of rotatable bonds is 5. The zero-order valence-corrected chi connectivity index (χ0v) is 14.4. The molecule has 128 valence electrons. The number of nitrogens with zero attached hydrogens (tertiary/aromatic N) is 4. The lowest BCUT2D eigenvalue weighted by Gasteiger charge is -2.15. The van der Waals surface area contributed by atoms with Gasteiger partial charge in [0, 0.05) is 11.8 Å². The summed E-state index contributed by atoms with van der Waals surface area (Å²) in [7, 11) is 3.20. The van der Waals surface area contributed by atoms with E-state index in [0.717, 1.165) is 11.4 Å². The minimum absolute atomic E-state index is 0.417. The van der Waals surface area contributed by atoms with Crippen LogP contribution in [0.25, 0.3) is 5.69 Å². The second-order valence-corrected chi connectivity index (χ2v) is 5.36. The van der Waals surface area contributed by atoms with Gasteiger partial charge in [-0.05, 0) is 53.0 Å². The summed E-state index contributed by atoms with van der Waals surface area (Å²) in [6, 6.07) is 13.0. The Morgan fingerprint density at radius 2 is 1.96 bits per heavy atom. The average Bonchev–Trinajstić information content (AvgIpc) is 3.16. The van der Waals surface area contributed by atoms with E-state index in [9.17, 15) is 0 Å². The van der Waals surface area contributed by atoms with Crippen molar-refractivity contribution in [1.82, 2.24) is 20.2 Å². The largest absolute Gasteiger partial charge is 0.497 e. The van der Waals surface area contributed by atoms with Crippen LogP contribution in [-0.4, -0.2) is 39.5 Å². The van der Waals surface area contributed by atoms with Crippen LogP contribution in [0.2, 0.25) is 0 Å². The fraction of sp³-hybridized carbons (Fsp3) is 0.125. The highest BCUT2D eigenvalue weighted by atomic mass is 32.1. The first-order valence-corrected chi connectivity index (χ1v) is 7.74. The summed E-state index contributed by atoms with van der Waals surface area (Å²) < 4.78 is 12.1. The Bertz CT molecular complexity index is 869. The SMILES string of the molecule is COc1ccc(OC)c(NC(=S)Nc2cccc(-n3cnnn3)c2)c1. The smallest absolute Gasteiger partial charge is 0.175 e. The molecular formula is C16H16N6O2S. The highest BCUT2D eigenvalue weighted by Gasteiger charge is 2.08. The molecule has 0 aliphatic carbocycles.